The minimum Gasteiger partial charge on any atom is -0.378 e. The topological polar surface area (TPSA) is 41.0 Å². The summed E-state index contributed by atoms with van der Waals surface area (Å²) < 4.78 is 0. The summed E-state index contributed by atoms with van der Waals surface area (Å²) in [7, 11) is 4.09. The average molecular weight is 256 g/mol. The van der Waals surface area contributed by atoms with Crippen molar-refractivity contribution in [1.29, 1.82) is 0 Å². The van der Waals surface area contributed by atoms with Crippen LogP contribution in [0.3, 0.4) is 0 Å². The first-order valence-corrected chi connectivity index (χ1v) is 6.42. The Morgan fingerprint density at radius 1 is 1.16 bits per heavy atom. The summed E-state index contributed by atoms with van der Waals surface area (Å²) in [4.78, 5) is 10.5. The summed E-state index contributed by atoms with van der Waals surface area (Å²) in [5.74, 6) is 0. The van der Waals surface area contributed by atoms with E-state index in [-0.39, 0.29) is 6.04 Å². The predicted molar refractivity (Wildman–Crippen MR) is 78.1 cm³/mol. The molecule has 0 amide bonds. The van der Waals surface area contributed by atoms with Gasteiger partial charge in [0, 0.05) is 51.0 Å². The highest BCUT2D eigenvalue weighted by atomic mass is 15.1. The molecule has 19 heavy (non-hydrogen) atoms. The molecular weight excluding hydrogens is 236 g/mol. The van der Waals surface area contributed by atoms with Gasteiger partial charge >= 0.3 is 0 Å². The first-order valence-electron chi connectivity index (χ1n) is 6.42. The SMILES string of the molecule is CC(NCc1ccc(N(C)C)cc1)c1cnccn1. The largest absolute Gasteiger partial charge is 0.378 e. The van der Waals surface area contributed by atoms with Gasteiger partial charge in [-0.15, -0.1) is 0 Å². The summed E-state index contributed by atoms with van der Waals surface area (Å²) in [6.45, 7) is 2.92. The van der Waals surface area contributed by atoms with Crippen LogP contribution < -0.4 is 10.2 Å². The quantitative estimate of drug-likeness (QED) is 0.892. The van der Waals surface area contributed by atoms with Crippen molar-refractivity contribution >= 4 is 5.69 Å². The molecule has 0 radical (unpaired) electrons. The zero-order valence-corrected chi connectivity index (χ0v) is 11.7. The van der Waals surface area contributed by atoms with Gasteiger partial charge in [-0.3, -0.25) is 9.97 Å². The molecule has 0 aliphatic rings. The van der Waals surface area contributed by atoms with E-state index in [1.165, 1.54) is 11.3 Å². The molecule has 1 aromatic carbocycles. The molecule has 0 saturated heterocycles. The highest BCUT2D eigenvalue weighted by Crippen LogP contribution is 2.13. The Balaban J connectivity index is 1.92. The third kappa shape index (κ3) is 3.76. The molecule has 0 fully saturated rings. The monoisotopic (exact) mass is 256 g/mol. The van der Waals surface area contributed by atoms with Gasteiger partial charge in [-0.25, -0.2) is 0 Å². The maximum Gasteiger partial charge on any atom is 0.0753 e. The fourth-order valence-electron chi connectivity index (χ4n) is 1.82. The zero-order valence-electron chi connectivity index (χ0n) is 11.7. The molecule has 0 bridgehead atoms. The number of rotatable bonds is 5. The Labute approximate surface area is 114 Å². The smallest absolute Gasteiger partial charge is 0.0753 e. The molecule has 1 heterocycles. The van der Waals surface area contributed by atoms with Crippen molar-refractivity contribution in [2.45, 2.75) is 19.5 Å². The van der Waals surface area contributed by atoms with Crippen molar-refractivity contribution in [2.24, 2.45) is 0 Å². The molecule has 4 heteroatoms. The maximum atomic E-state index is 4.30. The third-order valence-corrected chi connectivity index (χ3v) is 3.09. The lowest BCUT2D eigenvalue weighted by Gasteiger charge is -2.15. The lowest BCUT2D eigenvalue weighted by atomic mass is 10.1. The van der Waals surface area contributed by atoms with E-state index in [0.29, 0.717) is 0 Å². The molecule has 0 aliphatic carbocycles. The minimum absolute atomic E-state index is 0.197. The van der Waals surface area contributed by atoms with Crippen LogP contribution in [-0.2, 0) is 6.54 Å². The Morgan fingerprint density at radius 2 is 1.89 bits per heavy atom. The zero-order chi connectivity index (χ0) is 13.7. The maximum absolute atomic E-state index is 4.30. The molecule has 0 spiro atoms. The normalized spacial score (nSPS) is 12.2. The molecule has 0 saturated carbocycles. The second-order valence-corrected chi connectivity index (χ2v) is 4.79. The molecular formula is C15H20N4. The Hall–Kier alpha value is -1.94. The Bertz CT molecular complexity index is 493. The van der Waals surface area contributed by atoms with Crippen LogP contribution in [0, 0.1) is 0 Å². The highest BCUT2D eigenvalue weighted by molar-refractivity contribution is 5.45. The van der Waals surface area contributed by atoms with Gasteiger partial charge in [0.1, 0.15) is 0 Å². The summed E-state index contributed by atoms with van der Waals surface area (Å²) in [5, 5.41) is 3.45. The predicted octanol–water partition coefficient (Wildman–Crippen LogP) is 2.39. The van der Waals surface area contributed by atoms with Crippen molar-refractivity contribution in [3.8, 4) is 0 Å². The van der Waals surface area contributed by atoms with Crippen LogP contribution in [0.1, 0.15) is 24.2 Å². The van der Waals surface area contributed by atoms with E-state index in [1.807, 2.05) is 14.1 Å². The molecule has 1 unspecified atom stereocenters. The second kappa shape index (κ2) is 6.29. The van der Waals surface area contributed by atoms with Crippen molar-refractivity contribution in [1.82, 2.24) is 15.3 Å². The molecule has 1 N–H and O–H groups in total. The number of nitrogens with one attached hydrogen (secondary N) is 1. The minimum atomic E-state index is 0.197. The van der Waals surface area contributed by atoms with Crippen molar-refractivity contribution in [3.05, 3.63) is 54.1 Å². The standard InChI is InChI=1S/C15H20N4/c1-12(15-11-16-8-9-17-15)18-10-13-4-6-14(7-5-13)19(2)3/h4-9,11-12,18H,10H2,1-3H3. The summed E-state index contributed by atoms with van der Waals surface area (Å²) in [6.07, 6.45) is 5.21. The van der Waals surface area contributed by atoms with Gasteiger partial charge in [-0.05, 0) is 24.6 Å². The van der Waals surface area contributed by atoms with E-state index < -0.39 is 0 Å². The highest BCUT2D eigenvalue weighted by Gasteiger charge is 2.05. The van der Waals surface area contributed by atoms with E-state index in [4.69, 9.17) is 0 Å². The molecule has 1 atom stereocenters. The summed E-state index contributed by atoms with van der Waals surface area (Å²) in [6, 6.07) is 8.74. The number of anilines is 1. The molecule has 100 valence electrons. The third-order valence-electron chi connectivity index (χ3n) is 3.09. The van der Waals surface area contributed by atoms with Gasteiger partial charge in [0.25, 0.3) is 0 Å². The Morgan fingerprint density at radius 3 is 2.47 bits per heavy atom. The van der Waals surface area contributed by atoms with Gasteiger partial charge in [-0.2, -0.15) is 0 Å². The number of aromatic nitrogens is 2. The van der Waals surface area contributed by atoms with Gasteiger partial charge in [-0.1, -0.05) is 12.1 Å². The van der Waals surface area contributed by atoms with Crippen LogP contribution in [-0.4, -0.2) is 24.1 Å². The van der Waals surface area contributed by atoms with Crippen LogP contribution in [0.25, 0.3) is 0 Å². The molecule has 2 rings (SSSR count). The first-order chi connectivity index (χ1) is 9.16. The number of hydrogen-bond acceptors (Lipinski definition) is 4. The van der Waals surface area contributed by atoms with Crippen molar-refractivity contribution < 1.29 is 0 Å². The van der Waals surface area contributed by atoms with Crippen LogP contribution in [0.5, 0.6) is 0 Å². The van der Waals surface area contributed by atoms with Crippen LogP contribution in [0.2, 0.25) is 0 Å². The van der Waals surface area contributed by atoms with Crippen LogP contribution in [0.4, 0.5) is 5.69 Å². The summed E-state index contributed by atoms with van der Waals surface area (Å²) >= 11 is 0. The van der Waals surface area contributed by atoms with Crippen molar-refractivity contribution in [2.75, 3.05) is 19.0 Å². The van der Waals surface area contributed by atoms with E-state index in [1.54, 1.807) is 18.6 Å². The van der Waals surface area contributed by atoms with E-state index in [9.17, 15) is 0 Å². The first kappa shape index (κ1) is 13.5. The molecule has 4 nitrogen and oxygen atoms in total. The molecule has 2 aromatic rings. The lowest BCUT2D eigenvalue weighted by Crippen LogP contribution is -2.19. The number of benzene rings is 1. The fraction of sp³-hybridized carbons (Fsp3) is 0.333. The number of hydrogen-bond donors (Lipinski definition) is 1. The van der Waals surface area contributed by atoms with Crippen LogP contribution >= 0.6 is 0 Å². The van der Waals surface area contributed by atoms with E-state index >= 15 is 0 Å². The van der Waals surface area contributed by atoms with E-state index in [0.717, 1.165) is 12.2 Å². The second-order valence-electron chi connectivity index (χ2n) is 4.79. The van der Waals surface area contributed by atoms with Gasteiger partial charge < -0.3 is 10.2 Å². The van der Waals surface area contributed by atoms with Crippen molar-refractivity contribution in [3.63, 3.8) is 0 Å². The molecule has 1 aromatic heterocycles. The van der Waals surface area contributed by atoms with Crippen LogP contribution in [0.15, 0.2) is 42.9 Å². The van der Waals surface area contributed by atoms with Gasteiger partial charge in [0.05, 0.1) is 5.69 Å². The number of nitrogens with zero attached hydrogens (tertiary/aromatic N) is 3. The van der Waals surface area contributed by atoms with Gasteiger partial charge in [0.2, 0.25) is 0 Å². The van der Waals surface area contributed by atoms with E-state index in [2.05, 4.69) is 51.4 Å². The molecule has 0 aliphatic heterocycles. The summed E-state index contributed by atoms with van der Waals surface area (Å²) in [5.41, 5.74) is 3.44. The fourth-order valence-corrected chi connectivity index (χ4v) is 1.82. The Kier molecular flexibility index (Phi) is 4.47. The van der Waals surface area contributed by atoms with Gasteiger partial charge in [0.15, 0.2) is 0 Å². The average Bonchev–Trinajstić information content (AvgIpc) is 2.46. The lowest BCUT2D eigenvalue weighted by molar-refractivity contribution is 0.559.